The topological polar surface area (TPSA) is 78.9 Å². The van der Waals surface area contributed by atoms with Gasteiger partial charge < -0.3 is 15.2 Å². The fourth-order valence-corrected chi connectivity index (χ4v) is 2.49. The minimum absolute atomic E-state index is 0.0223. The zero-order valence-corrected chi connectivity index (χ0v) is 13.5. The van der Waals surface area contributed by atoms with Gasteiger partial charge >= 0.3 is 0 Å². The summed E-state index contributed by atoms with van der Waals surface area (Å²) in [7, 11) is 0. The summed E-state index contributed by atoms with van der Waals surface area (Å²) in [5.41, 5.74) is 1.78. The quantitative estimate of drug-likeness (QED) is 0.754. The van der Waals surface area contributed by atoms with Gasteiger partial charge in [0.2, 0.25) is 0 Å². The molecule has 1 aliphatic heterocycles. The van der Waals surface area contributed by atoms with E-state index >= 15 is 0 Å². The van der Waals surface area contributed by atoms with Gasteiger partial charge in [0.1, 0.15) is 18.1 Å². The van der Waals surface area contributed by atoms with Crippen molar-refractivity contribution in [2.24, 2.45) is 0 Å². The van der Waals surface area contributed by atoms with Crippen LogP contribution in [0, 0.1) is 0 Å². The van der Waals surface area contributed by atoms with E-state index in [1.165, 1.54) is 6.08 Å². The number of hydrogen-bond donors (Lipinski definition) is 2. The lowest BCUT2D eigenvalue weighted by Crippen LogP contribution is -2.34. The molecular weight excluding hydrogens is 320 g/mol. The monoisotopic (exact) mass is 338 g/mol. The number of carbonyl (C=O) groups excluding carboxylic acids is 2. The zero-order valence-electron chi connectivity index (χ0n) is 13.5. The van der Waals surface area contributed by atoms with E-state index in [-0.39, 0.29) is 18.8 Å². The second-order valence-electron chi connectivity index (χ2n) is 5.47. The van der Waals surface area contributed by atoms with E-state index in [1.54, 1.807) is 12.1 Å². The molecule has 6 heteroatoms. The van der Waals surface area contributed by atoms with Crippen molar-refractivity contribution < 1.29 is 19.4 Å². The molecule has 0 aliphatic carbocycles. The molecule has 2 amide bonds. The van der Waals surface area contributed by atoms with Crippen molar-refractivity contribution in [2.75, 3.05) is 18.5 Å². The number of ether oxygens (including phenoxy) is 1. The third-order valence-electron chi connectivity index (χ3n) is 3.73. The van der Waals surface area contributed by atoms with Gasteiger partial charge in [0.25, 0.3) is 11.8 Å². The van der Waals surface area contributed by atoms with Crippen LogP contribution >= 0.6 is 0 Å². The minimum Gasteiger partial charge on any atom is -0.487 e. The Morgan fingerprint density at radius 2 is 1.72 bits per heavy atom. The number of amides is 2. The minimum atomic E-state index is -0.461. The molecule has 2 aromatic rings. The van der Waals surface area contributed by atoms with E-state index in [9.17, 15) is 9.59 Å². The maximum Gasteiger partial charge on any atom is 0.277 e. The molecule has 0 bridgehead atoms. The molecule has 0 fully saturated rings. The van der Waals surface area contributed by atoms with Gasteiger partial charge in [-0.15, -0.1) is 0 Å². The average molecular weight is 338 g/mol. The molecule has 1 heterocycles. The number of benzene rings is 2. The molecule has 25 heavy (non-hydrogen) atoms. The van der Waals surface area contributed by atoms with Gasteiger partial charge in [0, 0.05) is 6.08 Å². The van der Waals surface area contributed by atoms with Gasteiger partial charge in [-0.25, -0.2) is 0 Å². The molecule has 0 saturated carbocycles. The third kappa shape index (κ3) is 3.87. The second kappa shape index (κ2) is 7.63. The predicted molar refractivity (Wildman–Crippen MR) is 92.7 cm³/mol. The Bertz CT molecular complexity index is 802. The highest BCUT2D eigenvalue weighted by molar-refractivity contribution is 6.17. The maximum atomic E-state index is 12.2. The summed E-state index contributed by atoms with van der Waals surface area (Å²) in [5, 5.41) is 11.9. The number of para-hydroxylation sites is 2. The normalized spacial score (nSPS) is 13.8. The number of hydrogen-bond acceptors (Lipinski definition) is 5. The number of anilines is 1. The Morgan fingerprint density at radius 3 is 2.48 bits per heavy atom. The summed E-state index contributed by atoms with van der Waals surface area (Å²) in [5.74, 6) is -0.325. The standard InChI is InChI=1S/C19H18N2O4/c22-11-10-21-18(23)12-16(19(21)24)20-15-8-4-5-9-17(15)25-13-14-6-2-1-3-7-14/h1-9,12,20,22H,10-11,13H2. The fourth-order valence-electron chi connectivity index (χ4n) is 2.49. The summed E-state index contributed by atoms with van der Waals surface area (Å²) in [4.78, 5) is 25.0. The van der Waals surface area contributed by atoms with Gasteiger partial charge in [0.05, 0.1) is 18.8 Å². The van der Waals surface area contributed by atoms with E-state index < -0.39 is 11.8 Å². The predicted octanol–water partition coefficient (Wildman–Crippen LogP) is 1.92. The SMILES string of the molecule is O=C1C=C(Nc2ccccc2OCc2ccccc2)C(=O)N1CCO. The van der Waals surface area contributed by atoms with Crippen molar-refractivity contribution in [3.05, 3.63) is 71.9 Å². The number of carbonyl (C=O) groups is 2. The summed E-state index contributed by atoms with van der Waals surface area (Å²) >= 11 is 0. The third-order valence-corrected chi connectivity index (χ3v) is 3.73. The van der Waals surface area contributed by atoms with Crippen LogP contribution in [0.15, 0.2) is 66.4 Å². The van der Waals surface area contributed by atoms with Crippen molar-refractivity contribution in [2.45, 2.75) is 6.61 Å². The number of β-amino-alcohol motifs (C(OH)–C–C–N with tert-alkyl or cyclic N) is 1. The van der Waals surface area contributed by atoms with Gasteiger partial charge in [-0.05, 0) is 17.7 Å². The number of nitrogens with one attached hydrogen (secondary N) is 1. The Labute approximate surface area is 145 Å². The van der Waals surface area contributed by atoms with Crippen LogP contribution in [0.25, 0.3) is 0 Å². The Morgan fingerprint density at radius 1 is 1.00 bits per heavy atom. The second-order valence-corrected chi connectivity index (χ2v) is 5.47. The first-order valence-corrected chi connectivity index (χ1v) is 7.90. The molecule has 0 unspecified atom stereocenters. The van der Waals surface area contributed by atoms with Crippen molar-refractivity contribution in [3.8, 4) is 5.75 Å². The average Bonchev–Trinajstić information content (AvgIpc) is 2.90. The van der Waals surface area contributed by atoms with Crippen LogP contribution in [-0.4, -0.2) is 35.0 Å². The Hall–Kier alpha value is -3.12. The highest BCUT2D eigenvalue weighted by Crippen LogP contribution is 2.27. The first-order chi connectivity index (χ1) is 12.2. The van der Waals surface area contributed by atoms with Crippen LogP contribution < -0.4 is 10.1 Å². The molecule has 1 aliphatic rings. The number of rotatable bonds is 7. The highest BCUT2D eigenvalue weighted by atomic mass is 16.5. The van der Waals surface area contributed by atoms with Crippen LogP contribution in [0.4, 0.5) is 5.69 Å². The molecule has 0 aromatic heterocycles. The van der Waals surface area contributed by atoms with Gasteiger partial charge in [-0.3, -0.25) is 14.5 Å². The summed E-state index contributed by atoms with van der Waals surface area (Å²) < 4.78 is 5.83. The van der Waals surface area contributed by atoms with Crippen molar-refractivity contribution in [1.29, 1.82) is 0 Å². The lowest BCUT2D eigenvalue weighted by atomic mass is 10.2. The molecule has 0 radical (unpaired) electrons. The number of nitrogens with zero attached hydrogens (tertiary/aromatic N) is 1. The number of aliphatic hydroxyl groups excluding tert-OH is 1. The van der Waals surface area contributed by atoms with Crippen LogP contribution in [0.3, 0.4) is 0 Å². The highest BCUT2D eigenvalue weighted by Gasteiger charge is 2.30. The van der Waals surface area contributed by atoms with Crippen LogP contribution in [-0.2, 0) is 16.2 Å². The Balaban J connectivity index is 1.72. The van der Waals surface area contributed by atoms with Crippen molar-refractivity contribution in [1.82, 2.24) is 4.90 Å². The molecule has 0 saturated heterocycles. The van der Waals surface area contributed by atoms with Gasteiger partial charge in [-0.1, -0.05) is 42.5 Å². The molecular formula is C19H18N2O4. The maximum absolute atomic E-state index is 12.2. The molecule has 0 atom stereocenters. The largest absolute Gasteiger partial charge is 0.487 e. The van der Waals surface area contributed by atoms with Crippen LogP contribution in [0.1, 0.15) is 5.56 Å². The van der Waals surface area contributed by atoms with Crippen molar-refractivity contribution in [3.63, 3.8) is 0 Å². The van der Waals surface area contributed by atoms with E-state index in [0.29, 0.717) is 18.0 Å². The zero-order chi connectivity index (χ0) is 17.6. The Kier molecular flexibility index (Phi) is 5.11. The molecule has 3 rings (SSSR count). The van der Waals surface area contributed by atoms with Gasteiger partial charge in [0.15, 0.2) is 0 Å². The van der Waals surface area contributed by atoms with Crippen molar-refractivity contribution >= 4 is 17.5 Å². The first-order valence-electron chi connectivity index (χ1n) is 7.90. The summed E-state index contributed by atoms with van der Waals surface area (Å²) in [6.07, 6.45) is 1.23. The molecule has 2 aromatic carbocycles. The van der Waals surface area contributed by atoms with Crippen LogP contribution in [0.5, 0.6) is 5.75 Å². The lowest BCUT2D eigenvalue weighted by molar-refractivity contribution is -0.137. The van der Waals surface area contributed by atoms with Crippen LogP contribution in [0.2, 0.25) is 0 Å². The van der Waals surface area contributed by atoms with E-state index in [4.69, 9.17) is 9.84 Å². The van der Waals surface area contributed by atoms with E-state index in [2.05, 4.69) is 5.32 Å². The van der Waals surface area contributed by atoms with E-state index in [0.717, 1.165) is 10.5 Å². The summed E-state index contributed by atoms with van der Waals surface area (Å²) in [6.45, 7) is 0.100. The summed E-state index contributed by atoms with van der Waals surface area (Å²) in [6, 6.07) is 16.9. The fraction of sp³-hybridized carbons (Fsp3) is 0.158. The lowest BCUT2D eigenvalue weighted by Gasteiger charge is -2.15. The first kappa shape index (κ1) is 16.7. The molecule has 0 spiro atoms. The smallest absolute Gasteiger partial charge is 0.277 e. The number of imide groups is 1. The number of aliphatic hydroxyl groups is 1. The molecule has 128 valence electrons. The van der Waals surface area contributed by atoms with E-state index in [1.807, 2.05) is 42.5 Å². The molecule has 6 nitrogen and oxygen atoms in total. The molecule has 2 N–H and O–H groups in total. The van der Waals surface area contributed by atoms with Gasteiger partial charge in [-0.2, -0.15) is 0 Å².